The minimum atomic E-state index is -0.498. The Morgan fingerprint density at radius 3 is 2.72 bits per heavy atom. The maximum Gasteiger partial charge on any atom is 0.227 e. The first kappa shape index (κ1) is 22.7. The van der Waals surface area contributed by atoms with E-state index in [1.165, 1.54) is 6.20 Å². The fraction of sp³-hybridized carbons (Fsp3) is 0.346. The van der Waals surface area contributed by atoms with Crippen LogP contribution in [-0.2, 0) is 13.0 Å². The van der Waals surface area contributed by atoms with Crippen molar-refractivity contribution in [1.29, 1.82) is 0 Å². The summed E-state index contributed by atoms with van der Waals surface area (Å²) in [7, 11) is 0. The number of nitrogens with zero attached hydrogens (tertiary/aromatic N) is 7. The molecule has 184 valence electrons. The molecule has 0 atom stereocenters. The van der Waals surface area contributed by atoms with Crippen molar-refractivity contribution in [3.63, 3.8) is 0 Å². The van der Waals surface area contributed by atoms with Gasteiger partial charge in [-0.1, -0.05) is 6.07 Å². The predicted molar refractivity (Wildman–Crippen MR) is 136 cm³/mol. The Hall–Kier alpha value is -3.76. The normalized spacial score (nSPS) is 15.9. The molecular weight excluding hydrogens is 459 g/mol. The highest BCUT2D eigenvalue weighted by atomic mass is 19.1. The number of pyridine rings is 1. The van der Waals surface area contributed by atoms with E-state index in [9.17, 15) is 9.50 Å². The van der Waals surface area contributed by atoms with Crippen molar-refractivity contribution in [2.45, 2.75) is 25.8 Å². The summed E-state index contributed by atoms with van der Waals surface area (Å²) >= 11 is 0. The van der Waals surface area contributed by atoms with Crippen molar-refractivity contribution < 1.29 is 9.50 Å². The van der Waals surface area contributed by atoms with E-state index in [1.54, 1.807) is 12.4 Å². The number of aliphatic hydroxyl groups is 1. The van der Waals surface area contributed by atoms with Crippen molar-refractivity contribution >= 4 is 28.5 Å². The van der Waals surface area contributed by atoms with Gasteiger partial charge in [0.25, 0.3) is 0 Å². The highest BCUT2D eigenvalue weighted by Crippen LogP contribution is 2.27. The molecule has 1 saturated heterocycles. The van der Waals surface area contributed by atoms with Crippen LogP contribution in [-0.4, -0.2) is 67.7 Å². The number of fused-ring (bicyclic) bond motifs is 2. The van der Waals surface area contributed by atoms with Crippen LogP contribution in [0.25, 0.3) is 22.2 Å². The van der Waals surface area contributed by atoms with Crippen LogP contribution < -0.4 is 10.2 Å². The van der Waals surface area contributed by atoms with Crippen LogP contribution in [0.1, 0.15) is 24.1 Å². The van der Waals surface area contributed by atoms with Gasteiger partial charge in [0.1, 0.15) is 5.69 Å². The van der Waals surface area contributed by atoms with E-state index < -0.39 is 5.82 Å². The molecule has 0 spiro atoms. The maximum atomic E-state index is 14.8. The molecule has 4 aromatic rings. The first-order chi connectivity index (χ1) is 17.7. The quantitative estimate of drug-likeness (QED) is 0.425. The minimum absolute atomic E-state index is 0.142. The van der Waals surface area contributed by atoms with Crippen LogP contribution in [0.5, 0.6) is 0 Å². The molecule has 9 nitrogen and oxygen atoms in total. The topological polar surface area (TPSA) is 103 Å². The molecule has 2 aliphatic heterocycles. The summed E-state index contributed by atoms with van der Waals surface area (Å²) in [4.78, 5) is 26.8. The van der Waals surface area contributed by atoms with Gasteiger partial charge in [-0.2, -0.15) is 0 Å². The number of aliphatic hydroxyl groups excluding tert-OH is 1. The van der Waals surface area contributed by atoms with Crippen molar-refractivity contribution in [3.05, 3.63) is 59.9 Å². The van der Waals surface area contributed by atoms with Crippen molar-refractivity contribution in [2.24, 2.45) is 0 Å². The summed E-state index contributed by atoms with van der Waals surface area (Å²) in [5, 5.41) is 13.2. The van der Waals surface area contributed by atoms with E-state index in [4.69, 9.17) is 4.98 Å². The van der Waals surface area contributed by atoms with Gasteiger partial charge < -0.3 is 15.3 Å². The predicted octanol–water partition coefficient (Wildman–Crippen LogP) is 3.32. The lowest BCUT2D eigenvalue weighted by Gasteiger charge is -2.27. The van der Waals surface area contributed by atoms with Crippen molar-refractivity contribution in [1.82, 2.24) is 29.8 Å². The SMILES string of the molecule is OCCN1CCc2cc(Nc3ncc(F)c(-c4ccc5nc(N6CCCC6)ncc5c4)n3)cnc2C1. The fourth-order valence-electron chi connectivity index (χ4n) is 4.87. The van der Waals surface area contributed by atoms with Crippen LogP contribution in [0.15, 0.2) is 42.9 Å². The van der Waals surface area contributed by atoms with Gasteiger partial charge in [-0.25, -0.2) is 24.3 Å². The molecule has 2 aliphatic rings. The third kappa shape index (κ3) is 4.57. The van der Waals surface area contributed by atoms with Crippen LogP contribution in [0.4, 0.5) is 22.0 Å². The Morgan fingerprint density at radius 1 is 0.972 bits per heavy atom. The van der Waals surface area contributed by atoms with E-state index in [-0.39, 0.29) is 12.3 Å². The zero-order chi connectivity index (χ0) is 24.5. The van der Waals surface area contributed by atoms with Crippen LogP contribution in [0.2, 0.25) is 0 Å². The standard InChI is InChI=1S/C26H27FN8O/c27-21-15-29-25(31-20-12-17-5-8-34(9-10-36)16-23(17)28-14-20)33-24(21)18-3-4-22-19(11-18)13-30-26(32-22)35-6-1-2-7-35/h3-4,11-15,36H,1-2,5-10,16H2,(H,29,31,33). The summed E-state index contributed by atoms with van der Waals surface area (Å²) in [6.07, 6.45) is 7.88. The van der Waals surface area contributed by atoms with Gasteiger partial charge in [-0.3, -0.25) is 9.88 Å². The van der Waals surface area contributed by atoms with Gasteiger partial charge in [-0.05, 0) is 43.0 Å². The van der Waals surface area contributed by atoms with Gasteiger partial charge in [0, 0.05) is 49.9 Å². The zero-order valence-corrected chi connectivity index (χ0v) is 19.9. The molecule has 0 radical (unpaired) electrons. The number of rotatable bonds is 6. The zero-order valence-electron chi connectivity index (χ0n) is 19.9. The second kappa shape index (κ2) is 9.71. The van der Waals surface area contributed by atoms with Gasteiger partial charge >= 0.3 is 0 Å². The Balaban J connectivity index is 1.24. The Labute approximate surface area is 208 Å². The number of hydrogen-bond donors (Lipinski definition) is 2. The summed E-state index contributed by atoms with van der Waals surface area (Å²) in [6.45, 7) is 4.34. The van der Waals surface area contributed by atoms with E-state index >= 15 is 0 Å². The Morgan fingerprint density at radius 2 is 1.86 bits per heavy atom. The molecule has 1 fully saturated rings. The first-order valence-corrected chi connectivity index (χ1v) is 12.3. The molecule has 0 unspecified atom stereocenters. The molecule has 3 aromatic heterocycles. The number of benzene rings is 1. The van der Waals surface area contributed by atoms with Crippen molar-refractivity contribution in [2.75, 3.05) is 43.0 Å². The number of anilines is 3. The summed E-state index contributed by atoms with van der Waals surface area (Å²) in [6, 6.07) is 7.61. The van der Waals surface area contributed by atoms with Crippen LogP contribution in [0.3, 0.4) is 0 Å². The number of hydrogen-bond acceptors (Lipinski definition) is 9. The largest absolute Gasteiger partial charge is 0.395 e. The third-order valence-electron chi connectivity index (χ3n) is 6.78. The average molecular weight is 487 g/mol. The lowest BCUT2D eigenvalue weighted by Crippen LogP contribution is -2.33. The molecule has 0 bridgehead atoms. The minimum Gasteiger partial charge on any atom is -0.395 e. The van der Waals surface area contributed by atoms with Gasteiger partial charge in [0.05, 0.1) is 35.9 Å². The van der Waals surface area contributed by atoms with Crippen molar-refractivity contribution in [3.8, 4) is 11.3 Å². The molecule has 5 heterocycles. The van der Waals surface area contributed by atoms with E-state index in [1.807, 2.05) is 24.3 Å². The van der Waals surface area contributed by atoms with Gasteiger partial charge in [0.15, 0.2) is 5.82 Å². The number of nitrogens with one attached hydrogen (secondary N) is 1. The second-order valence-electron chi connectivity index (χ2n) is 9.23. The third-order valence-corrected chi connectivity index (χ3v) is 6.78. The molecule has 2 N–H and O–H groups in total. The van der Waals surface area contributed by atoms with E-state index in [2.05, 4.69) is 35.1 Å². The second-order valence-corrected chi connectivity index (χ2v) is 9.23. The smallest absolute Gasteiger partial charge is 0.227 e. The molecule has 36 heavy (non-hydrogen) atoms. The summed E-state index contributed by atoms with van der Waals surface area (Å²) in [5.74, 6) is 0.542. The highest BCUT2D eigenvalue weighted by Gasteiger charge is 2.19. The first-order valence-electron chi connectivity index (χ1n) is 12.3. The monoisotopic (exact) mass is 486 g/mol. The molecule has 0 saturated carbocycles. The van der Waals surface area contributed by atoms with Gasteiger partial charge in [-0.15, -0.1) is 0 Å². The maximum absolute atomic E-state index is 14.8. The van der Waals surface area contributed by atoms with E-state index in [0.29, 0.717) is 18.1 Å². The fourth-order valence-corrected chi connectivity index (χ4v) is 4.87. The lowest BCUT2D eigenvalue weighted by atomic mass is 10.0. The molecule has 1 aromatic carbocycles. The lowest BCUT2D eigenvalue weighted by molar-refractivity contribution is 0.182. The number of aromatic nitrogens is 5. The molecule has 0 aliphatic carbocycles. The Kier molecular flexibility index (Phi) is 6.12. The highest BCUT2D eigenvalue weighted by molar-refractivity contribution is 5.84. The number of β-amino-alcohol motifs (C(OH)–C–C–N with tert-alkyl or cyclic N) is 1. The van der Waals surface area contributed by atoms with Crippen LogP contribution in [0, 0.1) is 5.82 Å². The molecule has 10 heteroatoms. The summed E-state index contributed by atoms with van der Waals surface area (Å²) < 4.78 is 14.8. The van der Waals surface area contributed by atoms with E-state index in [0.717, 1.165) is 79.2 Å². The molecular formula is C26H27FN8O. The molecule has 0 amide bonds. The average Bonchev–Trinajstić information content (AvgIpc) is 3.45. The number of halogens is 1. The molecule has 6 rings (SSSR count). The summed E-state index contributed by atoms with van der Waals surface area (Å²) in [5.41, 5.74) is 4.58. The Bertz CT molecular complexity index is 1410. The van der Waals surface area contributed by atoms with Gasteiger partial charge in [0.2, 0.25) is 11.9 Å². The van der Waals surface area contributed by atoms with Crippen LogP contribution >= 0.6 is 0 Å².